The van der Waals surface area contributed by atoms with Gasteiger partial charge in [-0.2, -0.15) is 5.26 Å². The predicted octanol–water partition coefficient (Wildman–Crippen LogP) is 3.49. The lowest BCUT2D eigenvalue weighted by Gasteiger charge is -2.08. The SMILES string of the molecule is N#CCc1ccc(OCc2ccccc2)c(Br)n1. The van der Waals surface area contributed by atoms with Gasteiger partial charge in [0.25, 0.3) is 0 Å². The largest absolute Gasteiger partial charge is 0.486 e. The monoisotopic (exact) mass is 302 g/mol. The minimum Gasteiger partial charge on any atom is -0.486 e. The van der Waals surface area contributed by atoms with Gasteiger partial charge in [-0.1, -0.05) is 30.3 Å². The second kappa shape index (κ2) is 6.18. The summed E-state index contributed by atoms with van der Waals surface area (Å²) in [5.41, 5.74) is 1.84. The summed E-state index contributed by atoms with van der Waals surface area (Å²) < 4.78 is 6.29. The molecule has 0 unspecified atom stereocenters. The third-order valence-electron chi connectivity index (χ3n) is 2.37. The van der Waals surface area contributed by atoms with Crippen LogP contribution in [-0.2, 0) is 13.0 Å². The molecule has 90 valence electrons. The molecule has 0 spiro atoms. The van der Waals surface area contributed by atoms with Crippen molar-refractivity contribution in [1.82, 2.24) is 4.98 Å². The van der Waals surface area contributed by atoms with E-state index in [1.54, 1.807) is 6.07 Å². The number of halogens is 1. The first-order valence-corrected chi connectivity index (χ1v) is 6.28. The average Bonchev–Trinajstić information content (AvgIpc) is 2.39. The Labute approximate surface area is 114 Å². The highest BCUT2D eigenvalue weighted by molar-refractivity contribution is 9.10. The summed E-state index contributed by atoms with van der Waals surface area (Å²) in [5, 5.41) is 8.60. The molecule has 0 fully saturated rings. The molecule has 0 aliphatic heterocycles. The van der Waals surface area contributed by atoms with Crippen LogP contribution in [0.2, 0.25) is 0 Å². The average molecular weight is 303 g/mol. The minimum absolute atomic E-state index is 0.303. The normalized spacial score (nSPS) is 9.78. The van der Waals surface area contributed by atoms with E-state index in [-0.39, 0.29) is 0 Å². The maximum atomic E-state index is 8.60. The van der Waals surface area contributed by atoms with Crippen LogP contribution in [0, 0.1) is 11.3 Å². The summed E-state index contributed by atoms with van der Waals surface area (Å²) >= 11 is 3.35. The van der Waals surface area contributed by atoms with Crippen LogP contribution in [0.1, 0.15) is 11.3 Å². The van der Waals surface area contributed by atoms with Crippen LogP contribution in [0.15, 0.2) is 47.1 Å². The first kappa shape index (κ1) is 12.6. The smallest absolute Gasteiger partial charge is 0.152 e. The van der Waals surface area contributed by atoms with Crippen LogP contribution < -0.4 is 4.74 Å². The highest BCUT2D eigenvalue weighted by atomic mass is 79.9. The zero-order chi connectivity index (χ0) is 12.8. The molecule has 0 aliphatic carbocycles. The van der Waals surface area contributed by atoms with E-state index in [0.29, 0.717) is 23.4 Å². The maximum absolute atomic E-state index is 8.60. The topological polar surface area (TPSA) is 45.9 Å². The minimum atomic E-state index is 0.303. The van der Waals surface area contributed by atoms with Crippen LogP contribution in [0.3, 0.4) is 0 Å². The molecule has 1 aromatic carbocycles. The number of nitriles is 1. The van der Waals surface area contributed by atoms with Gasteiger partial charge in [0, 0.05) is 0 Å². The molecule has 0 atom stereocenters. The lowest BCUT2D eigenvalue weighted by Crippen LogP contribution is -1.98. The molecule has 0 aliphatic rings. The van der Waals surface area contributed by atoms with Gasteiger partial charge in [-0.15, -0.1) is 0 Å². The standard InChI is InChI=1S/C14H11BrN2O/c15-14-13(7-6-12(17-14)8-9-16)18-10-11-4-2-1-3-5-11/h1-7H,8,10H2. The van der Waals surface area contributed by atoms with Crippen LogP contribution >= 0.6 is 15.9 Å². The molecular weight excluding hydrogens is 292 g/mol. The van der Waals surface area contributed by atoms with Crippen molar-refractivity contribution in [3.63, 3.8) is 0 Å². The van der Waals surface area contributed by atoms with Crippen molar-refractivity contribution in [2.45, 2.75) is 13.0 Å². The van der Waals surface area contributed by atoms with Gasteiger partial charge in [-0.3, -0.25) is 0 Å². The fraction of sp³-hybridized carbons (Fsp3) is 0.143. The number of hydrogen-bond acceptors (Lipinski definition) is 3. The molecule has 2 rings (SSSR count). The Balaban J connectivity index is 2.04. The number of aromatic nitrogens is 1. The van der Waals surface area contributed by atoms with Crippen molar-refractivity contribution in [1.29, 1.82) is 5.26 Å². The Morgan fingerprint density at radius 1 is 1.17 bits per heavy atom. The Morgan fingerprint density at radius 2 is 1.94 bits per heavy atom. The fourth-order valence-electron chi connectivity index (χ4n) is 1.48. The Hall–Kier alpha value is -1.86. The second-order valence-corrected chi connectivity index (χ2v) is 4.45. The fourth-order valence-corrected chi connectivity index (χ4v) is 1.96. The molecule has 1 heterocycles. The number of benzene rings is 1. The van der Waals surface area contributed by atoms with Crippen molar-refractivity contribution < 1.29 is 4.74 Å². The molecule has 18 heavy (non-hydrogen) atoms. The van der Waals surface area contributed by atoms with Crippen LogP contribution in [-0.4, -0.2) is 4.98 Å². The summed E-state index contributed by atoms with van der Waals surface area (Å²) in [6.45, 7) is 0.499. The van der Waals surface area contributed by atoms with E-state index in [1.807, 2.05) is 36.4 Å². The maximum Gasteiger partial charge on any atom is 0.152 e. The molecule has 0 bridgehead atoms. The Morgan fingerprint density at radius 3 is 2.61 bits per heavy atom. The summed E-state index contributed by atoms with van der Waals surface area (Å²) in [7, 11) is 0. The molecule has 0 saturated carbocycles. The molecule has 2 aromatic rings. The van der Waals surface area contributed by atoms with Crippen LogP contribution in [0.5, 0.6) is 5.75 Å². The van der Waals surface area contributed by atoms with Gasteiger partial charge in [0.1, 0.15) is 11.2 Å². The molecule has 0 amide bonds. The summed E-state index contributed by atoms with van der Waals surface area (Å²) in [6.07, 6.45) is 0.303. The van der Waals surface area contributed by atoms with Gasteiger partial charge >= 0.3 is 0 Å². The number of nitrogens with zero attached hydrogens (tertiary/aromatic N) is 2. The predicted molar refractivity (Wildman–Crippen MR) is 72.0 cm³/mol. The number of rotatable bonds is 4. The van der Waals surface area contributed by atoms with Crippen molar-refractivity contribution in [2.24, 2.45) is 0 Å². The van der Waals surface area contributed by atoms with Gasteiger partial charge in [-0.05, 0) is 33.6 Å². The third kappa shape index (κ3) is 3.31. The van der Waals surface area contributed by atoms with Crippen molar-refractivity contribution >= 4 is 15.9 Å². The van der Waals surface area contributed by atoms with Gasteiger partial charge in [-0.25, -0.2) is 4.98 Å². The first-order valence-electron chi connectivity index (χ1n) is 5.48. The van der Waals surface area contributed by atoms with Gasteiger partial charge in [0.2, 0.25) is 0 Å². The number of ether oxygens (including phenoxy) is 1. The van der Waals surface area contributed by atoms with E-state index in [2.05, 4.69) is 27.0 Å². The van der Waals surface area contributed by atoms with Crippen LogP contribution in [0.4, 0.5) is 0 Å². The van der Waals surface area contributed by atoms with Gasteiger partial charge in [0.05, 0.1) is 18.2 Å². The molecule has 0 saturated heterocycles. The summed E-state index contributed by atoms with van der Waals surface area (Å²) in [4.78, 5) is 4.24. The van der Waals surface area contributed by atoms with E-state index in [4.69, 9.17) is 10.00 Å². The first-order chi connectivity index (χ1) is 8.79. The Bertz CT molecular complexity index is 564. The molecule has 1 aromatic heterocycles. The van der Waals surface area contributed by atoms with Gasteiger partial charge in [0.15, 0.2) is 5.75 Å². The molecular formula is C14H11BrN2O. The molecule has 0 radical (unpaired) electrons. The van der Waals surface area contributed by atoms with E-state index in [9.17, 15) is 0 Å². The van der Waals surface area contributed by atoms with Crippen LogP contribution in [0.25, 0.3) is 0 Å². The molecule has 3 nitrogen and oxygen atoms in total. The number of pyridine rings is 1. The van der Waals surface area contributed by atoms with E-state index >= 15 is 0 Å². The zero-order valence-corrected chi connectivity index (χ0v) is 11.2. The van der Waals surface area contributed by atoms with Crippen molar-refractivity contribution in [2.75, 3.05) is 0 Å². The summed E-state index contributed by atoms with van der Waals surface area (Å²) in [6, 6.07) is 15.6. The molecule has 4 heteroatoms. The highest BCUT2D eigenvalue weighted by Gasteiger charge is 2.04. The lowest BCUT2D eigenvalue weighted by atomic mass is 10.2. The second-order valence-electron chi connectivity index (χ2n) is 3.70. The quantitative estimate of drug-likeness (QED) is 0.812. The summed E-state index contributed by atoms with van der Waals surface area (Å²) in [5.74, 6) is 0.681. The Kier molecular flexibility index (Phi) is 4.32. The highest BCUT2D eigenvalue weighted by Crippen LogP contribution is 2.23. The van der Waals surface area contributed by atoms with Crippen molar-refractivity contribution in [3.8, 4) is 11.8 Å². The van der Waals surface area contributed by atoms with Crippen molar-refractivity contribution in [3.05, 3.63) is 58.3 Å². The zero-order valence-electron chi connectivity index (χ0n) is 9.64. The van der Waals surface area contributed by atoms with E-state index in [0.717, 1.165) is 11.3 Å². The van der Waals surface area contributed by atoms with E-state index in [1.165, 1.54) is 0 Å². The third-order valence-corrected chi connectivity index (χ3v) is 2.94. The lowest BCUT2D eigenvalue weighted by molar-refractivity contribution is 0.302. The molecule has 0 N–H and O–H groups in total. The van der Waals surface area contributed by atoms with Gasteiger partial charge < -0.3 is 4.74 Å². The van der Waals surface area contributed by atoms with E-state index < -0.39 is 0 Å². The number of hydrogen-bond donors (Lipinski definition) is 0.